The molecule has 0 aliphatic carbocycles. The number of methoxy groups -OCH3 is 4. The predicted molar refractivity (Wildman–Crippen MR) is 174 cm³/mol. The smallest absolute Gasteiger partial charge is 0.345 e. The Labute approximate surface area is 281 Å². The molecule has 0 N–H and O–H groups in total. The summed E-state index contributed by atoms with van der Waals surface area (Å²) in [7, 11) is 4.59. The molecule has 2 aromatic rings. The van der Waals surface area contributed by atoms with Crippen molar-refractivity contribution in [1.82, 2.24) is 0 Å². The van der Waals surface area contributed by atoms with Crippen molar-refractivity contribution >= 4 is 76.3 Å². The molecule has 3 aliphatic rings. The summed E-state index contributed by atoms with van der Waals surface area (Å²) in [6.45, 7) is 3.10. The summed E-state index contributed by atoms with van der Waals surface area (Å²) in [6.07, 6.45) is 0. The highest BCUT2D eigenvalue weighted by Gasteiger charge is 2.61. The van der Waals surface area contributed by atoms with Gasteiger partial charge in [0.1, 0.15) is 30.4 Å². The Morgan fingerprint density at radius 1 is 0.745 bits per heavy atom. The van der Waals surface area contributed by atoms with Gasteiger partial charge in [-0.1, -0.05) is 53.5 Å². The normalized spacial score (nSPS) is 17.6. The third-order valence-corrected chi connectivity index (χ3v) is 12.1. The SMILES string of the molecule is COC(=O)C1=C(C(=O)OC)SC2(S1)C(C(=O)OC)=C(C(=O)OC)SC1=C2c2ccccc2N(C(=O)COc2ccc(F)cc2)C1(C)C. The maximum atomic E-state index is 14.0. The lowest BCUT2D eigenvalue weighted by molar-refractivity contribution is -0.138. The molecule has 3 aliphatic heterocycles. The molecule has 246 valence electrons. The maximum Gasteiger partial charge on any atom is 0.345 e. The summed E-state index contributed by atoms with van der Waals surface area (Å²) in [5.41, 5.74) is -0.0236. The van der Waals surface area contributed by atoms with E-state index in [0.717, 1.165) is 63.7 Å². The van der Waals surface area contributed by atoms with Gasteiger partial charge in [-0.25, -0.2) is 23.6 Å². The molecule has 0 saturated carbocycles. The highest BCUT2D eigenvalue weighted by Crippen LogP contribution is 2.71. The van der Waals surface area contributed by atoms with Gasteiger partial charge in [0.05, 0.1) is 45.2 Å². The number of fused-ring (bicyclic) bond motifs is 3. The number of carbonyl (C=O) groups excluding carboxylic acids is 5. The molecule has 1 amide bonds. The van der Waals surface area contributed by atoms with E-state index in [2.05, 4.69) is 0 Å². The number of anilines is 1. The van der Waals surface area contributed by atoms with Crippen molar-refractivity contribution in [1.29, 1.82) is 0 Å². The van der Waals surface area contributed by atoms with E-state index in [1.54, 1.807) is 38.1 Å². The van der Waals surface area contributed by atoms with Crippen LogP contribution in [0, 0.1) is 5.82 Å². The first-order valence-electron chi connectivity index (χ1n) is 13.8. The Balaban J connectivity index is 1.75. The number of hydrogen-bond acceptors (Lipinski definition) is 13. The van der Waals surface area contributed by atoms with E-state index in [0.29, 0.717) is 21.7 Å². The predicted octanol–water partition coefficient (Wildman–Crippen LogP) is 4.82. The van der Waals surface area contributed by atoms with Gasteiger partial charge in [-0.05, 0) is 44.2 Å². The van der Waals surface area contributed by atoms with Crippen LogP contribution in [0.2, 0.25) is 0 Å². The minimum Gasteiger partial charge on any atom is -0.484 e. The zero-order valence-corrected chi connectivity index (χ0v) is 28.4. The molecule has 47 heavy (non-hydrogen) atoms. The van der Waals surface area contributed by atoms with Crippen molar-refractivity contribution in [2.24, 2.45) is 0 Å². The van der Waals surface area contributed by atoms with Gasteiger partial charge in [-0.2, -0.15) is 0 Å². The van der Waals surface area contributed by atoms with E-state index in [-0.39, 0.29) is 26.0 Å². The second-order valence-corrected chi connectivity index (χ2v) is 14.2. The highest BCUT2D eigenvalue weighted by molar-refractivity contribution is 8.26. The largest absolute Gasteiger partial charge is 0.484 e. The fourth-order valence-electron chi connectivity index (χ4n) is 5.45. The number of ether oxygens (including phenoxy) is 5. The van der Waals surface area contributed by atoms with Crippen LogP contribution in [-0.2, 0) is 42.9 Å². The van der Waals surface area contributed by atoms with E-state index in [1.165, 1.54) is 29.2 Å². The van der Waals surface area contributed by atoms with E-state index in [9.17, 15) is 28.4 Å². The molecule has 1 spiro atoms. The van der Waals surface area contributed by atoms with Crippen molar-refractivity contribution in [3.63, 3.8) is 0 Å². The number of halogens is 1. The van der Waals surface area contributed by atoms with E-state index in [1.807, 2.05) is 0 Å². The van der Waals surface area contributed by atoms with Gasteiger partial charge in [0, 0.05) is 16.0 Å². The number of nitrogens with zero attached hydrogens (tertiary/aromatic N) is 1. The molecule has 0 aromatic heterocycles. The fourth-order valence-corrected chi connectivity index (χ4v) is 10.5. The number of hydrogen-bond donors (Lipinski definition) is 0. The molecule has 5 rings (SSSR count). The molecular weight excluding hydrogens is 674 g/mol. The van der Waals surface area contributed by atoms with Crippen molar-refractivity contribution < 1.29 is 52.0 Å². The van der Waals surface area contributed by atoms with Crippen LogP contribution in [0.4, 0.5) is 10.1 Å². The number of para-hydroxylation sites is 1. The van der Waals surface area contributed by atoms with Gasteiger partial charge in [0.25, 0.3) is 5.91 Å². The minimum absolute atomic E-state index is 0.143. The Kier molecular flexibility index (Phi) is 9.53. The summed E-state index contributed by atoms with van der Waals surface area (Å²) in [5, 5.41) is 0. The molecule has 0 fully saturated rings. The third kappa shape index (κ3) is 5.69. The van der Waals surface area contributed by atoms with Crippen molar-refractivity contribution in [3.05, 3.63) is 85.1 Å². The zero-order valence-electron chi connectivity index (χ0n) is 26.0. The van der Waals surface area contributed by atoms with E-state index >= 15 is 0 Å². The summed E-state index contributed by atoms with van der Waals surface area (Å²) in [4.78, 5) is 68.9. The second-order valence-electron chi connectivity index (χ2n) is 10.5. The van der Waals surface area contributed by atoms with Gasteiger partial charge < -0.3 is 23.7 Å². The lowest BCUT2D eigenvalue weighted by atomic mass is 9.83. The highest BCUT2D eigenvalue weighted by atomic mass is 32.2. The quantitative estimate of drug-likeness (QED) is 0.289. The molecule has 2 aromatic carbocycles. The maximum absolute atomic E-state index is 14.0. The van der Waals surface area contributed by atoms with Crippen molar-refractivity contribution in [3.8, 4) is 5.75 Å². The topological polar surface area (TPSA) is 135 Å². The summed E-state index contributed by atoms with van der Waals surface area (Å²) in [5.74, 6) is -4.14. The monoisotopic (exact) mass is 701 g/mol. The number of thioether (sulfide) groups is 3. The Bertz CT molecular complexity index is 1770. The Hall–Kier alpha value is -4.21. The first-order chi connectivity index (χ1) is 22.4. The average Bonchev–Trinajstić information content (AvgIpc) is 3.46. The van der Waals surface area contributed by atoms with E-state index < -0.39 is 51.8 Å². The molecule has 0 atom stereocenters. The lowest BCUT2D eigenvalue weighted by Gasteiger charge is -2.50. The lowest BCUT2D eigenvalue weighted by Crippen LogP contribution is -2.55. The number of rotatable bonds is 7. The van der Waals surface area contributed by atoms with Gasteiger partial charge in [0.2, 0.25) is 0 Å². The summed E-state index contributed by atoms with van der Waals surface area (Å²) in [6, 6.07) is 12.1. The summed E-state index contributed by atoms with van der Waals surface area (Å²) < 4.78 is 37.8. The van der Waals surface area contributed by atoms with Gasteiger partial charge >= 0.3 is 23.9 Å². The minimum atomic E-state index is -1.68. The van der Waals surface area contributed by atoms with Crippen LogP contribution in [0.5, 0.6) is 5.75 Å². The molecule has 15 heteroatoms. The van der Waals surface area contributed by atoms with Crippen LogP contribution in [-0.4, -0.2) is 74.4 Å². The molecule has 0 radical (unpaired) electrons. The number of carbonyl (C=O) groups is 5. The first kappa shape index (κ1) is 34.1. The summed E-state index contributed by atoms with van der Waals surface area (Å²) >= 11 is 2.61. The van der Waals surface area contributed by atoms with Crippen molar-refractivity contribution in [2.75, 3.05) is 39.9 Å². The van der Waals surface area contributed by atoms with Gasteiger partial charge in [0.15, 0.2) is 6.61 Å². The fraction of sp³-hybridized carbons (Fsp3) is 0.281. The zero-order chi connectivity index (χ0) is 34.3. The Morgan fingerprint density at radius 3 is 1.83 bits per heavy atom. The molecule has 0 saturated heterocycles. The molecule has 0 bridgehead atoms. The van der Waals surface area contributed by atoms with Crippen LogP contribution in [0.1, 0.15) is 19.4 Å². The standard InChI is InChI=1S/C32H28FNO10S3/c1-31(2)26-21(18-9-7-8-10-19(18)34(31)20(35)15-44-17-13-11-16(33)12-14-17)32(22(27(36)40-3)23(45-26)28(37)41-4)46-24(29(38)42-5)25(47-32)30(39)43-6/h7-14H,15H2,1-6H3. The van der Waals surface area contributed by atoms with Gasteiger partial charge in [-0.15, -0.1) is 0 Å². The molecular formula is C32H28FNO10S3. The van der Waals surface area contributed by atoms with Crippen LogP contribution >= 0.6 is 35.3 Å². The molecule has 11 nitrogen and oxygen atoms in total. The third-order valence-electron chi connectivity index (χ3n) is 7.47. The number of benzene rings is 2. The Morgan fingerprint density at radius 2 is 1.28 bits per heavy atom. The number of amides is 1. The molecule has 0 unspecified atom stereocenters. The average molecular weight is 702 g/mol. The van der Waals surface area contributed by atoms with Crippen LogP contribution < -0.4 is 9.64 Å². The number of esters is 4. The van der Waals surface area contributed by atoms with Crippen LogP contribution in [0.25, 0.3) is 5.57 Å². The first-order valence-corrected chi connectivity index (χ1v) is 16.2. The molecule has 3 heterocycles. The van der Waals surface area contributed by atoms with Gasteiger partial charge in [-0.3, -0.25) is 9.69 Å². The second kappa shape index (κ2) is 13.1. The van der Waals surface area contributed by atoms with E-state index in [4.69, 9.17) is 23.7 Å². The van der Waals surface area contributed by atoms with Crippen LogP contribution in [0.15, 0.2) is 73.7 Å². The van der Waals surface area contributed by atoms with Crippen molar-refractivity contribution in [2.45, 2.75) is 23.5 Å². The van der Waals surface area contributed by atoms with Crippen LogP contribution in [0.3, 0.4) is 0 Å².